The summed E-state index contributed by atoms with van der Waals surface area (Å²) in [6, 6.07) is 6.23. The van der Waals surface area contributed by atoms with Crippen molar-refractivity contribution in [2.75, 3.05) is 18.5 Å². The van der Waals surface area contributed by atoms with E-state index in [1.54, 1.807) is 10.9 Å². The molecule has 13 heteroatoms. The summed E-state index contributed by atoms with van der Waals surface area (Å²) >= 11 is 0. The molecule has 1 aliphatic rings. The van der Waals surface area contributed by atoms with Crippen LogP contribution >= 0.6 is 0 Å². The van der Waals surface area contributed by atoms with Crippen LogP contribution in [-0.2, 0) is 13.5 Å². The number of nitrogen functional groups attached to an aromatic ring is 2. The van der Waals surface area contributed by atoms with E-state index in [1.165, 1.54) is 13.4 Å². The fourth-order valence-electron chi connectivity index (χ4n) is 3.91. The smallest absolute Gasteiger partial charge is 0.262 e. The zero-order valence-corrected chi connectivity index (χ0v) is 21.1. The average Bonchev–Trinajstić information content (AvgIpc) is 3.64. The van der Waals surface area contributed by atoms with Crippen LogP contribution in [0.5, 0.6) is 0 Å². The predicted octanol–water partition coefficient (Wildman–Crippen LogP) is 2.66. The van der Waals surface area contributed by atoms with Crippen LogP contribution in [0.15, 0.2) is 46.8 Å². The van der Waals surface area contributed by atoms with Crippen LogP contribution < -0.4 is 22.8 Å². The second-order valence-corrected chi connectivity index (χ2v) is 8.27. The van der Waals surface area contributed by atoms with E-state index in [-0.39, 0.29) is 28.6 Å². The molecule has 0 aliphatic heterocycles. The lowest BCUT2D eigenvalue weighted by Crippen LogP contribution is -2.25. The number of nitrogens with one attached hydrogen (secondary N) is 2. The van der Waals surface area contributed by atoms with E-state index in [0.29, 0.717) is 11.4 Å². The summed E-state index contributed by atoms with van der Waals surface area (Å²) in [7, 11) is 3.38. The summed E-state index contributed by atoms with van der Waals surface area (Å²) < 4.78 is 3.69. The van der Waals surface area contributed by atoms with Gasteiger partial charge in [-0.25, -0.2) is 20.5 Å². The molecule has 13 nitrogen and oxygen atoms in total. The maximum absolute atomic E-state index is 13.2. The number of aromatic nitrogens is 6. The van der Waals surface area contributed by atoms with Crippen molar-refractivity contribution in [1.82, 2.24) is 29.3 Å². The highest BCUT2D eigenvalue weighted by Gasteiger charge is 2.28. The zero-order chi connectivity index (χ0) is 27.1. The van der Waals surface area contributed by atoms with E-state index in [2.05, 4.69) is 32.8 Å². The van der Waals surface area contributed by atoms with Crippen molar-refractivity contribution in [1.29, 1.82) is 10.9 Å². The third-order valence-corrected chi connectivity index (χ3v) is 5.66. The topological polar surface area (TPSA) is 217 Å². The normalized spacial score (nSPS) is 12.2. The van der Waals surface area contributed by atoms with Gasteiger partial charge in [-0.1, -0.05) is 19.1 Å². The molecule has 37 heavy (non-hydrogen) atoms. The molecule has 1 saturated carbocycles. The first kappa shape index (κ1) is 27.1. The second-order valence-electron chi connectivity index (χ2n) is 8.27. The lowest BCUT2D eigenvalue weighted by Gasteiger charge is -2.13. The molecule has 0 unspecified atom stereocenters. The maximum atomic E-state index is 13.2. The Balaban J connectivity index is 0.000000231. The number of nitrogens with two attached hydrogens (primary N) is 3. The van der Waals surface area contributed by atoms with Crippen molar-refractivity contribution in [3.8, 4) is 11.1 Å². The second kappa shape index (κ2) is 11.9. The SMILES string of the molecule is CCCc1nc2cccc(-c3cnn(C)c3)c2c(=O)n1C1CC1.CN.N=NC(=N)c1c(N)ncnc1N. The van der Waals surface area contributed by atoms with Gasteiger partial charge in [-0.15, -0.1) is 5.11 Å². The van der Waals surface area contributed by atoms with Crippen LogP contribution in [0, 0.1) is 10.9 Å². The van der Waals surface area contributed by atoms with Gasteiger partial charge in [0, 0.05) is 31.3 Å². The Kier molecular flexibility index (Phi) is 8.74. The summed E-state index contributed by atoms with van der Waals surface area (Å²) in [5.74, 6) is 0.702. The van der Waals surface area contributed by atoms with Crippen molar-refractivity contribution in [3.05, 3.63) is 58.7 Å². The van der Waals surface area contributed by atoms with Gasteiger partial charge in [-0.05, 0) is 37.9 Å². The number of fused-ring (bicyclic) bond motifs is 1. The standard InChI is InChI=1S/C18H20N4O.C5H7N7.CH5N/c1-3-5-16-20-15-7-4-6-14(12-10-19-21(2)11-12)17(15)18(23)22(16)13-8-9-13;6-3-2(5(8)12-9)4(7)11-1-10-3;1-2/h4,6-7,10-11,13H,3,5,8-9H2,1-2H3;1,8-9H,(H4,6,7,10,11);2H2,1H3. The number of benzene rings is 1. The third-order valence-electron chi connectivity index (χ3n) is 5.66. The molecule has 5 rings (SSSR count). The predicted molar refractivity (Wildman–Crippen MR) is 143 cm³/mol. The number of anilines is 2. The number of rotatable bonds is 5. The van der Waals surface area contributed by atoms with E-state index in [0.717, 1.165) is 48.2 Å². The van der Waals surface area contributed by atoms with E-state index in [9.17, 15) is 4.79 Å². The summed E-state index contributed by atoms with van der Waals surface area (Å²) in [6.07, 6.45) is 8.93. The highest BCUT2D eigenvalue weighted by molar-refractivity contribution is 6.04. The van der Waals surface area contributed by atoms with Crippen molar-refractivity contribution >= 4 is 28.4 Å². The largest absolute Gasteiger partial charge is 0.383 e. The minimum Gasteiger partial charge on any atom is -0.383 e. The van der Waals surface area contributed by atoms with E-state index >= 15 is 0 Å². The molecule has 0 spiro atoms. The van der Waals surface area contributed by atoms with Gasteiger partial charge in [0.15, 0.2) is 5.84 Å². The lowest BCUT2D eigenvalue weighted by atomic mass is 10.0. The molecular weight excluding hydrogens is 472 g/mol. The van der Waals surface area contributed by atoms with E-state index < -0.39 is 0 Å². The number of aryl methyl sites for hydroxylation is 2. The fraction of sp³-hybridized carbons (Fsp3) is 0.333. The molecule has 0 atom stereocenters. The molecular formula is C24H32N12O. The Morgan fingerprint density at radius 1 is 1.19 bits per heavy atom. The van der Waals surface area contributed by atoms with Gasteiger partial charge in [0.05, 0.1) is 17.1 Å². The van der Waals surface area contributed by atoms with Gasteiger partial charge >= 0.3 is 0 Å². The third kappa shape index (κ3) is 5.83. The monoisotopic (exact) mass is 504 g/mol. The first-order valence-electron chi connectivity index (χ1n) is 11.8. The molecule has 1 fully saturated rings. The van der Waals surface area contributed by atoms with Gasteiger partial charge in [0.1, 0.15) is 29.4 Å². The Morgan fingerprint density at radius 3 is 2.41 bits per heavy atom. The van der Waals surface area contributed by atoms with Crippen molar-refractivity contribution < 1.29 is 0 Å². The number of nitrogens with zero attached hydrogens (tertiary/aromatic N) is 7. The van der Waals surface area contributed by atoms with Crippen molar-refractivity contribution in [2.24, 2.45) is 17.9 Å². The molecule has 0 bridgehead atoms. The summed E-state index contributed by atoms with van der Waals surface area (Å²) in [5, 5.41) is 15.0. The van der Waals surface area contributed by atoms with Crippen LogP contribution in [0.2, 0.25) is 0 Å². The molecule has 0 saturated heterocycles. The highest BCUT2D eigenvalue weighted by Crippen LogP contribution is 2.35. The summed E-state index contributed by atoms with van der Waals surface area (Å²) in [6.45, 7) is 2.12. The van der Waals surface area contributed by atoms with Gasteiger partial charge in [-0.2, -0.15) is 5.10 Å². The van der Waals surface area contributed by atoms with Crippen LogP contribution in [-0.4, -0.2) is 42.2 Å². The van der Waals surface area contributed by atoms with E-state index in [1.807, 2.05) is 36.0 Å². The quantitative estimate of drug-likeness (QED) is 0.154. The number of amidine groups is 1. The van der Waals surface area contributed by atoms with Crippen LogP contribution in [0.4, 0.5) is 11.6 Å². The molecule has 3 aromatic heterocycles. The van der Waals surface area contributed by atoms with Gasteiger partial charge in [-0.3, -0.25) is 19.5 Å². The number of hydrogen-bond acceptors (Lipinski definition) is 10. The molecule has 4 aromatic rings. The lowest BCUT2D eigenvalue weighted by molar-refractivity contribution is 0.631. The first-order valence-corrected chi connectivity index (χ1v) is 11.8. The van der Waals surface area contributed by atoms with Crippen molar-refractivity contribution in [2.45, 2.75) is 38.6 Å². The fourth-order valence-corrected chi connectivity index (χ4v) is 3.91. The highest BCUT2D eigenvalue weighted by atomic mass is 16.1. The van der Waals surface area contributed by atoms with Crippen molar-refractivity contribution in [3.63, 3.8) is 0 Å². The van der Waals surface area contributed by atoms with Gasteiger partial charge < -0.3 is 17.2 Å². The van der Waals surface area contributed by atoms with Gasteiger partial charge in [0.25, 0.3) is 5.56 Å². The first-order chi connectivity index (χ1) is 17.8. The van der Waals surface area contributed by atoms with Crippen LogP contribution in [0.1, 0.15) is 43.6 Å². The van der Waals surface area contributed by atoms with Gasteiger partial charge in [0.2, 0.25) is 0 Å². The Labute approximate surface area is 213 Å². The van der Waals surface area contributed by atoms with Crippen LogP contribution in [0.25, 0.3) is 22.0 Å². The van der Waals surface area contributed by atoms with E-state index in [4.69, 9.17) is 27.4 Å². The van der Waals surface area contributed by atoms with Crippen LogP contribution in [0.3, 0.4) is 0 Å². The Morgan fingerprint density at radius 2 is 1.86 bits per heavy atom. The molecule has 194 valence electrons. The molecule has 0 amide bonds. The Bertz CT molecular complexity index is 1450. The summed E-state index contributed by atoms with van der Waals surface area (Å²) in [4.78, 5) is 25.2. The molecule has 0 radical (unpaired) electrons. The molecule has 8 N–H and O–H groups in total. The average molecular weight is 505 g/mol. The minimum absolute atomic E-state index is 0.0588. The Hall–Kier alpha value is -4.52. The molecule has 1 aliphatic carbocycles. The molecule has 3 heterocycles. The summed E-state index contributed by atoms with van der Waals surface area (Å²) in [5.41, 5.74) is 24.7. The number of hydrogen-bond donors (Lipinski definition) is 5. The minimum atomic E-state index is -0.342. The molecule has 1 aromatic carbocycles. The maximum Gasteiger partial charge on any atom is 0.262 e. The zero-order valence-electron chi connectivity index (χ0n) is 21.1.